The third-order valence-corrected chi connectivity index (χ3v) is 16.9. The lowest BCUT2D eigenvalue weighted by Gasteiger charge is -2.42. The van der Waals surface area contributed by atoms with Crippen molar-refractivity contribution in [3.8, 4) is 23.0 Å². The zero-order chi connectivity index (χ0) is 61.8. The molecule has 2 saturated carbocycles. The normalized spacial score (nSPS) is 17.2. The van der Waals surface area contributed by atoms with E-state index in [1.54, 1.807) is 70.0 Å². The largest absolute Gasteiger partial charge is 0.496 e. The summed E-state index contributed by atoms with van der Waals surface area (Å²) >= 11 is 0. The molecule has 0 spiro atoms. The molecule has 0 bridgehead atoms. The minimum absolute atomic E-state index is 0.316. The number of ether oxygens (including phenoxy) is 4. The van der Waals surface area contributed by atoms with E-state index in [1.807, 2.05) is 146 Å². The van der Waals surface area contributed by atoms with Crippen LogP contribution in [0.25, 0.3) is 43.1 Å². The molecule has 0 aliphatic heterocycles. The molecule has 2 unspecified atom stereocenters. The first-order valence-corrected chi connectivity index (χ1v) is 29.5. The van der Waals surface area contributed by atoms with E-state index in [0.717, 1.165) is 76.2 Å². The molecule has 16 heteroatoms. The smallest absolute Gasteiger partial charge is 0.258 e. The van der Waals surface area contributed by atoms with Gasteiger partial charge in [0.25, 0.3) is 23.6 Å². The molecular weight excluding hydrogens is 1090 g/mol. The highest BCUT2D eigenvalue weighted by atomic mass is 16.5. The molecule has 452 valence electrons. The number of hydrogen-bond donors (Lipinski definition) is 4. The highest BCUT2D eigenvalue weighted by Crippen LogP contribution is 2.45. The summed E-state index contributed by atoms with van der Waals surface area (Å²) < 4.78 is 23.9. The molecule has 2 fully saturated rings. The first kappa shape index (κ1) is 62.3. The van der Waals surface area contributed by atoms with E-state index < -0.39 is 70.5 Å². The Labute approximate surface area is 502 Å². The first-order valence-electron chi connectivity index (χ1n) is 29.5. The molecule has 0 saturated heterocycles. The van der Waals surface area contributed by atoms with Crippen LogP contribution in [0.15, 0.2) is 146 Å². The fourth-order valence-electron chi connectivity index (χ4n) is 12.3. The molecule has 0 aromatic heterocycles. The Balaban J connectivity index is 0.000000340. The van der Waals surface area contributed by atoms with Gasteiger partial charge in [-0.1, -0.05) is 164 Å². The van der Waals surface area contributed by atoms with Crippen LogP contribution < -0.4 is 18.9 Å². The topological polar surface area (TPSA) is 199 Å². The lowest BCUT2D eigenvalue weighted by Crippen LogP contribution is -2.57. The third kappa shape index (κ3) is 12.8. The van der Waals surface area contributed by atoms with Gasteiger partial charge in [0.2, 0.25) is 0 Å². The highest BCUT2D eigenvalue weighted by molar-refractivity contribution is 5.97. The average Bonchev–Trinajstić information content (AvgIpc) is 3.19. The number of rotatable bonds is 14. The van der Waals surface area contributed by atoms with Crippen LogP contribution in [-0.4, -0.2) is 117 Å². The summed E-state index contributed by atoms with van der Waals surface area (Å²) in [7, 11) is 6.23. The number of fused-ring (bicyclic) bond motifs is 4. The molecule has 86 heavy (non-hydrogen) atoms. The zero-order valence-electron chi connectivity index (χ0n) is 50.8. The van der Waals surface area contributed by atoms with Crippen LogP contribution in [0, 0.1) is 10.8 Å². The summed E-state index contributed by atoms with van der Waals surface area (Å²) in [6.45, 7) is 10.4. The second kappa shape index (κ2) is 26.1. The van der Waals surface area contributed by atoms with Crippen molar-refractivity contribution in [2.24, 2.45) is 10.8 Å². The monoisotopic (exact) mass is 1170 g/mol. The van der Waals surface area contributed by atoms with Crippen molar-refractivity contribution < 1.29 is 59.0 Å². The van der Waals surface area contributed by atoms with Gasteiger partial charge in [-0.2, -0.15) is 0 Å². The minimum Gasteiger partial charge on any atom is -0.496 e. The quantitative estimate of drug-likeness (QED) is 0.0594. The Morgan fingerprint density at radius 3 is 0.756 bits per heavy atom. The van der Waals surface area contributed by atoms with Crippen molar-refractivity contribution in [3.05, 3.63) is 168 Å². The fourth-order valence-corrected chi connectivity index (χ4v) is 12.3. The maximum atomic E-state index is 15.4. The van der Waals surface area contributed by atoms with Gasteiger partial charge >= 0.3 is 0 Å². The number of nitrogens with zero attached hydrogens (tertiary/aromatic N) is 4. The molecular formula is C70H80N4O12. The molecule has 16 nitrogen and oxygen atoms in total. The second-order valence-electron chi connectivity index (χ2n) is 24.6. The number of methoxy groups -OCH3 is 4. The average molecular weight is 1170 g/mol. The molecule has 4 atom stereocenters. The lowest BCUT2D eigenvalue weighted by molar-refractivity contribution is -0.221. The number of carbonyl (C=O) groups is 4. The zero-order valence-corrected chi connectivity index (χ0v) is 50.8. The van der Waals surface area contributed by atoms with E-state index in [1.165, 1.54) is 0 Å². The molecule has 2 aliphatic rings. The van der Waals surface area contributed by atoms with E-state index in [0.29, 0.717) is 83.8 Å². The van der Waals surface area contributed by atoms with E-state index in [2.05, 4.69) is 0 Å². The molecule has 4 amide bonds. The molecule has 10 rings (SSSR count). The van der Waals surface area contributed by atoms with Gasteiger partial charge in [0.1, 0.15) is 23.0 Å². The predicted molar refractivity (Wildman–Crippen MR) is 331 cm³/mol. The van der Waals surface area contributed by atoms with Crippen LogP contribution in [0.3, 0.4) is 0 Å². The minimum atomic E-state index is -1.12. The van der Waals surface area contributed by atoms with Gasteiger partial charge in [-0.15, -0.1) is 0 Å². The van der Waals surface area contributed by atoms with Crippen LogP contribution in [-0.2, 0) is 19.2 Å². The van der Waals surface area contributed by atoms with Crippen LogP contribution in [0.4, 0.5) is 0 Å². The van der Waals surface area contributed by atoms with Gasteiger partial charge in [-0.05, 0) is 117 Å². The molecule has 4 N–H and O–H groups in total. The molecule has 0 radical (unpaired) electrons. The Morgan fingerprint density at radius 2 is 0.558 bits per heavy atom. The first-order chi connectivity index (χ1) is 41.1. The molecule has 8 aromatic carbocycles. The molecule has 0 heterocycles. The number of carbonyl (C=O) groups excluding carboxylic acids is 4. The van der Waals surface area contributed by atoms with Gasteiger partial charge in [-0.3, -0.25) is 40.0 Å². The summed E-state index contributed by atoms with van der Waals surface area (Å²) in [4.78, 5) is 55.4. The van der Waals surface area contributed by atoms with E-state index in [9.17, 15) is 30.4 Å². The van der Waals surface area contributed by atoms with Crippen molar-refractivity contribution in [1.29, 1.82) is 0 Å². The Morgan fingerprint density at radius 1 is 0.360 bits per heavy atom. The van der Waals surface area contributed by atoms with Crippen molar-refractivity contribution in [3.63, 3.8) is 0 Å². The van der Waals surface area contributed by atoms with E-state index in [4.69, 9.17) is 18.9 Å². The maximum absolute atomic E-state index is 15.4. The Kier molecular flexibility index (Phi) is 18.9. The maximum Gasteiger partial charge on any atom is 0.258 e. The van der Waals surface area contributed by atoms with E-state index >= 15 is 9.59 Å². The Hall–Kier alpha value is -8.28. The van der Waals surface area contributed by atoms with Gasteiger partial charge in [0.05, 0.1) is 64.4 Å². The molecule has 2 aliphatic carbocycles. The van der Waals surface area contributed by atoms with Crippen LogP contribution in [0.1, 0.15) is 127 Å². The number of hydrogen-bond acceptors (Lipinski definition) is 12. The van der Waals surface area contributed by atoms with E-state index in [-0.39, 0.29) is 0 Å². The summed E-state index contributed by atoms with van der Waals surface area (Å²) in [5.41, 5.74) is 0.658. The predicted octanol–water partition coefficient (Wildman–Crippen LogP) is 13.9. The third-order valence-electron chi connectivity index (χ3n) is 16.9. The summed E-state index contributed by atoms with van der Waals surface area (Å²) in [5, 5.41) is 55.7. The highest BCUT2D eigenvalue weighted by Gasteiger charge is 2.46. The lowest BCUT2D eigenvalue weighted by atomic mass is 9.83. The summed E-state index contributed by atoms with van der Waals surface area (Å²) in [6.07, 6.45) is 4.78. The SMILES string of the molecule is CC(C)(C)C(=O)N(O)C1CCCC[C@H]1N(O)C(=O)C(C)(C)C.COc1cc2ccccc2cc1C(C(=O)N(O)C1CCCC[C@H]1N(O)C(=O)C(c1cc2ccccc2cc1OC)c1cc2ccccc2cc1OC)c1cc2ccccc2cc1OC. The number of amides is 4. The Bertz CT molecular complexity index is 3360. The summed E-state index contributed by atoms with van der Waals surface area (Å²) in [6, 6.07) is 43.3. The van der Waals surface area contributed by atoms with Crippen molar-refractivity contribution in [2.45, 2.75) is 129 Å². The molecule has 8 aromatic rings. The van der Waals surface area contributed by atoms with Gasteiger partial charge in [0, 0.05) is 33.1 Å². The number of benzene rings is 8. The van der Waals surface area contributed by atoms with Crippen molar-refractivity contribution in [1.82, 2.24) is 20.3 Å². The van der Waals surface area contributed by atoms with Gasteiger partial charge in [0.15, 0.2) is 0 Å². The standard InChI is InChI=1S/C54H50N2O8.C16H30N2O4/c1-61-47-29-37-19-9-5-15-33(37)25-41(47)51(42-26-34-16-6-10-20-38(34)30-48(42)62-2)53(57)55(59)45-23-13-14-24-46(45)56(60)54(58)52(43-27-35-17-7-11-21-39(35)31-49(43)63-3)44-28-36-18-8-12-22-40(36)32-50(44)64-4;1-15(2,3)13(19)17(21)11-9-7-8-10-12(11)18(22)14(20)16(4,5)6/h5-12,15-22,25-32,45-46,51-52,59-60H,13-14,23-24H2,1-4H3;11-12,21-22H,7-10H2,1-6H3/t45-,46?;11-,12?/m11/s1. The van der Waals surface area contributed by atoms with Crippen molar-refractivity contribution >= 4 is 66.7 Å². The van der Waals surface area contributed by atoms with Crippen molar-refractivity contribution in [2.75, 3.05) is 28.4 Å². The van der Waals surface area contributed by atoms with Crippen LogP contribution >= 0.6 is 0 Å². The van der Waals surface area contributed by atoms with Gasteiger partial charge < -0.3 is 18.9 Å². The second-order valence-corrected chi connectivity index (χ2v) is 24.6. The fraction of sp³-hybridized carbons (Fsp3) is 0.371. The van der Waals surface area contributed by atoms with Crippen LogP contribution in [0.2, 0.25) is 0 Å². The summed E-state index contributed by atoms with van der Waals surface area (Å²) in [5.74, 6) is -2.55. The van der Waals surface area contributed by atoms with Crippen LogP contribution in [0.5, 0.6) is 23.0 Å². The number of hydroxylamine groups is 8. The van der Waals surface area contributed by atoms with Gasteiger partial charge in [-0.25, -0.2) is 20.3 Å².